The summed E-state index contributed by atoms with van der Waals surface area (Å²) in [6, 6.07) is 16.0. The standard InChI is InChI=1S/C35H39N3O7/c1-41-30-16-23(17-31(42-2)34(30)43-3)33(35(40)37-25-9-5-4-6-10-25)38(20-22-13-14-28-29(15-22)45-21-44-28)32(39)18-24-19-36-27-12-8-7-11-26(24)27/h7-8,11-17,19,25,33,36H,4-6,9-10,18,20-21H2,1-3H3,(H,37,40). The number of nitrogens with one attached hydrogen (secondary N) is 2. The van der Waals surface area contributed by atoms with E-state index in [4.69, 9.17) is 23.7 Å². The van der Waals surface area contributed by atoms with Crippen LogP contribution in [0.5, 0.6) is 28.7 Å². The first-order chi connectivity index (χ1) is 22.0. The molecule has 0 saturated heterocycles. The summed E-state index contributed by atoms with van der Waals surface area (Å²) in [6.45, 7) is 0.289. The van der Waals surface area contributed by atoms with E-state index in [0.717, 1.165) is 54.1 Å². The zero-order valence-corrected chi connectivity index (χ0v) is 25.9. The average Bonchev–Trinajstić information content (AvgIpc) is 3.71. The number of aromatic nitrogens is 1. The van der Waals surface area contributed by atoms with Crippen molar-refractivity contribution in [2.45, 2.75) is 57.2 Å². The lowest BCUT2D eigenvalue weighted by Crippen LogP contribution is -2.47. The van der Waals surface area contributed by atoms with E-state index in [1.807, 2.05) is 48.7 Å². The Morgan fingerprint density at radius 1 is 0.933 bits per heavy atom. The van der Waals surface area contributed by atoms with Gasteiger partial charge in [-0.25, -0.2) is 0 Å². The minimum atomic E-state index is -0.997. The molecule has 1 atom stereocenters. The Kier molecular flexibility index (Phi) is 9.00. The van der Waals surface area contributed by atoms with Crippen LogP contribution in [0.25, 0.3) is 10.9 Å². The fraction of sp³-hybridized carbons (Fsp3) is 0.371. The topological polar surface area (TPSA) is 111 Å². The fourth-order valence-electron chi connectivity index (χ4n) is 6.36. The highest BCUT2D eigenvalue weighted by Crippen LogP contribution is 2.42. The number of amides is 2. The van der Waals surface area contributed by atoms with Gasteiger partial charge in [-0.3, -0.25) is 9.59 Å². The molecule has 6 rings (SSSR count). The van der Waals surface area contributed by atoms with Crippen LogP contribution in [0.3, 0.4) is 0 Å². The van der Waals surface area contributed by atoms with Crippen molar-refractivity contribution >= 4 is 22.7 Å². The van der Waals surface area contributed by atoms with Crippen LogP contribution in [0.1, 0.15) is 54.8 Å². The van der Waals surface area contributed by atoms with Crippen LogP contribution in [0, 0.1) is 0 Å². The molecule has 1 saturated carbocycles. The summed E-state index contributed by atoms with van der Waals surface area (Å²) in [6.07, 6.45) is 7.02. The molecule has 1 aliphatic carbocycles. The van der Waals surface area contributed by atoms with Crippen molar-refractivity contribution in [1.29, 1.82) is 0 Å². The minimum absolute atomic E-state index is 0.0342. The monoisotopic (exact) mass is 613 g/mol. The molecule has 2 aliphatic rings. The molecule has 10 nitrogen and oxygen atoms in total. The van der Waals surface area contributed by atoms with Gasteiger partial charge in [-0.1, -0.05) is 43.5 Å². The minimum Gasteiger partial charge on any atom is -0.493 e. The molecule has 1 unspecified atom stereocenters. The van der Waals surface area contributed by atoms with E-state index >= 15 is 0 Å². The van der Waals surface area contributed by atoms with Gasteiger partial charge in [0.2, 0.25) is 24.4 Å². The van der Waals surface area contributed by atoms with Crippen molar-refractivity contribution in [3.63, 3.8) is 0 Å². The summed E-state index contributed by atoms with van der Waals surface area (Å²) >= 11 is 0. The zero-order chi connectivity index (χ0) is 31.3. The van der Waals surface area contributed by atoms with Crippen molar-refractivity contribution < 1.29 is 33.3 Å². The van der Waals surface area contributed by atoms with E-state index in [2.05, 4.69) is 10.3 Å². The lowest BCUT2D eigenvalue weighted by Gasteiger charge is -2.34. The highest BCUT2D eigenvalue weighted by Gasteiger charge is 2.35. The number of rotatable bonds is 11. The molecule has 0 bridgehead atoms. The Morgan fingerprint density at radius 3 is 2.40 bits per heavy atom. The number of aromatic amines is 1. The van der Waals surface area contributed by atoms with Gasteiger partial charge in [0.1, 0.15) is 6.04 Å². The predicted molar refractivity (Wildman–Crippen MR) is 169 cm³/mol. The van der Waals surface area contributed by atoms with Gasteiger partial charge in [0.05, 0.1) is 27.8 Å². The Hall–Kier alpha value is -4.86. The third-order valence-electron chi connectivity index (χ3n) is 8.64. The first-order valence-electron chi connectivity index (χ1n) is 15.3. The highest BCUT2D eigenvalue weighted by molar-refractivity contribution is 5.93. The molecule has 3 aromatic carbocycles. The van der Waals surface area contributed by atoms with Gasteiger partial charge < -0.3 is 38.9 Å². The number of hydrogen-bond donors (Lipinski definition) is 2. The molecule has 0 radical (unpaired) electrons. The van der Waals surface area contributed by atoms with E-state index in [1.165, 1.54) is 21.3 Å². The summed E-state index contributed by atoms with van der Waals surface area (Å²) in [5.41, 5.74) is 3.14. The van der Waals surface area contributed by atoms with Crippen molar-refractivity contribution in [1.82, 2.24) is 15.2 Å². The van der Waals surface area contributed by atoms with E-state index in [-0.39, 0.29) is 37.6 Å². The summed E-state index contributed by atoms with van der Waals surface area (Å²) in [5.74, 6) is 1.98. The third kappa shape index (κ3) is 6.36. The second-order valence-electron chi connectivity index (χ2n) is 11.5. The number of fused-ring (bicyclic) bond motifs is 2. The second-order valence-corrected chi connectivity index (χ2v) is 11.5. The van der Waals surface area contributed by atoms with E-state index in [9.17, 15) is 9.59 Å². The molecule has 2 heterocycles. The van der Waals surface area contributed by atoms with Crippen LogP contribution in [0.4, 0.5) is 0 Å². The lowest BCUT2D eigenvalue weighted by atomic mass is 9.94. The summed E-state index contributed by atoms with van der Waals surface area (Å²) in [5, 5.41) is 4.24. The number of ether oxygens (including phenoxy) is 5. The zero-order valence-electron chi connectivity index (χ0n) is 25.9. The normalized spacial score (nSPS) is 15.0. The van der Waals surface area contributed by atoms with E-state index in [1.54, 1.807) is 17.0 Å². The van der Waals surface area contributed by atoms with Gasteiger partial charge >= 0.3 is 0 Å². The van der Waals surface area contributed by atoms with Crippen molar-refractivity contribution in [2.75, 3.05) is 28.1 Å². The molecule has 2 N–H and O–H groups in total. The van der Waals surface area contributed by atoms with Crippen LogP contribution in [0.15, 0.2) is 60.8 Å². The van der Waals surface area contributed by atoms with Gasteiger partial charge in [-0.2, -0.15) is 0 Å². The Morgan fingerprint density at radius 2 is 1.67 bits per heavy atom. The smallest absolute Gasteiger partial charge is 0.247 e. The fourth-order valence-corrected chi connectivity index (χ4v) is 6.36. The maximum absolute atomic E-state index is 14.5. The maximum atomic E-state index is 14.5. The van der Waals surface area contributed by atoms with Crippen molar-refractivity contribution in [3.8, 4) is 28.7 Å². The Balaban J connectivity index is 1.44. The number of H-pyrrole nitrogens is 1. The molecular formula is C35H39N3O7. The maximum Gasteiger partial charge on any atom is 0.247 e. The molecule has 2 amide bonds. The van der Waals surface area contributed by atoms with Crippen LogP contribution in [-0.4, -0.2) is 55.9 Å². The predicted octanol–water partition coefficient (Wildman–Crippen LogP) is 5.68. The van der Waals surface area contributed by atoms with Crippen molar-refractivity contribution in [3.05, 3.63) is 77.5 Å². The third-order valence-corrected chi connectivity index (χ3v) is 8.64. The van der Waals surface area contributed by atoms with Crippen LogP contribution < -0.4 is 29.0 Å². The first-order valence-corrected chi connectivity index (χ1v) is 15.3. The van der Waals surface area contributed by atoms with Crippen molar-refractivity contribution in [2.24, 2.45) is 0 Å². The molecule has 1 aliphatic heterocycles. The summed E-state index contributed by atoms with van der Waals surface area (Å²) in [4.78, 5) is 33.9. The molecule has 10 heteroatoms. The number of para-hydroxylation sites is 1. The number of carbonyl (C=O) groups is 2. The van der Waals surface area contributed by atoms with E-state index in [0.29, 0.717) is 34.3 Å². The summed E-state index contributed by atoms with van der Waals surface area (Å²) < 4.78 is 28.1. The summed E-state index contributed by atoms with van der Waals surface area (Å²) in [7, 11) is 4.60. The number of benzene rings is 3. The highest BCUT2D eigenvalue weighted by atomic mass is 16.7. The van der Waals surface area contributed by atoms with Crippen LogP contribution in [0.2, 0.25) is 0 Å². The number of nitrogens with zero attached hydrogens (tertiary/aromatic N) is 1. The number of methoxy groups -OCH3 is 3. The quantitative estimate of drug-likeness (QED) is 0.224. The number of hydrogen-bond acceptors (Lipinski definition) is 7. The van der Waals surface area contributed by atoms with Gasteiger partial charge in [0, 0.05) is 29.7 Å². The second kappa shape index (κ2) is 13.4. The molecular weight excluding hydrogens is 574 g/mol. The van der Waals surface area contributed by atoms with Gasteiger partial charge in [-0.05, 0) is 59.9 Å². The molecule has 236 valence electrons. The van der Waals surface area contributed by atoms with E-state index < -0.39 is 6.04 Å². The largest absolute Gasteiger partial charge is 0.493 e. The van der Waals surface area contributed by atoms with Crippen LogP contribution >= 0.6 is 0 Å². The Labute approximate surface area is 262 Å². The Bertz CT molecular complexity index is 1650. The average molecular weight is 614 g/mol. The molecule has 0 spiro atoms. The molecule has 1 fully saturated rings. The molecule has 45 heavy (non-hydrogen) atoms. The van der Waals surface area contributed by atoms with Gasteiger partial charge in [0.15, 0.2) is 23.0 Å². The SMILES string of the molecule is COc1cc(C(C(=O)NC2CCCCC2)N(Cc2ccc3c(c2)OCO3)C(=O)Cc2c[nH]c3ccccc23)cc(OC)c1OC. The van der Waals surface area contributed by atoms with Crippen LogP contribution in [-0.2, 0) is 22.6 Å². The van der Waals surface area contributed by atoms with Gasteiger partial charge in [0.25, 0.3) is 0 Å². The molecule has 4 aromatic rings. The lowest BCUT2D eigenvalue weighted by molar-refractivity contribution is -0.141. The molecule has 1 aromatic heterocycles. The number of carbonyl (C=O) groups excluding carboxylic acids is 2. The first kappa shape index (κ1) is 30.2. The van der Waals surface area contributed by atoms with Gasteiger partial charge in [-0.15, -0.1) is 0 Å².